The molecule has 18 heavy (non-hydrogen) atoms. The van der Waals surface area contributed by atoms with Crippen LogP contribution in [0.15, 0.2) is 9.79 Å². The molecule has 1 aromatic carbocycles. The molecule has 0 aromatic heterocycles. The zero-order valence-electron chi connectivity index (χ0n) is 8.71. The Bertz CT molecular complexity index is 558. The van der Waals surface area contributed by atoms with Gasteiger partial charge in [-0.25, -0.2) is 8.78 Å². The maximum absolute atomic E-state index is 13.3. The summed E-state index contributed by atoms with van der Waals surface area (Å²) in [4.78, 5) is -3.55. The van der Waals surface area contributed by atoms with Crippen LogP contribution in [0.4, 0.5) is 17.6 Å². The molecule has 0 amide bonds. The maximum Gasteiger partial charge on any atom is 0.300 e. The molecule has 0 saturated heterocycles. The van der Waals surface area contributed by atoms with E-state index in [0.717, 1.165) is 0 Å². The summed E-state index contributed by atoms with van der Waals surface area (Å²) in [6.07, 6.45) is 0. The number of hydrogen-bond donors (Lipinski definition) is 1. The molecule has 0 aliphatic rings. The Morgan fingerprint density at radius 3 is 1.78 bits per heavy atom. The zero-order chi connectivity index (χ0) is 14.2. The van der Waals surface area contributed by atoms with Gasteiger partial charge in [0.25, 0.3) is 0 Å². The standard InChI is InChI=1S/C8H6F4O4S2/c1-2-17(13)7-3(9)5(11)8(18(14,15)16)6(12)4(7)10/h2H2,1H3,(H,14,15,16). The minimum absolute atomic E-state index is 0.335. The van der Waals surface area contributed by atoms with Crippen molar-refractivity contribution in [2.24, 2.45) is 0 Å². The first-order valence-electron chi connectivity index (χ1n) is 4.34. The number of halogens is 4. The Hall–Kier alpha value is -0.840. The van der Waals surface area contributed by atoms with E-state index in [9.17, 15) is 30.5 Å². The topological polar surface area (TPSA) is 77.4 Å². The number of hydrogen-bond acceptors (Lipinski definition) is 3. The third-order valence-electron chi connectivity index (χ3n) is 1.93. The average Bonchev–Trinajstić information content (AvgIpc) is 2.24. The van der Waals surface area contributed by atoms with Crippen molar-refractivity contribution in [2.45, 2.75) is 16.7 Å². The van der Waals surface area contributed by atoms with E-state index in [1.54, 1.807) is 0 Å². The van der Waals surface area contributed by atoms with Crippen molar-refractivity contribution in [2.75, 3.05) is 5.75 Å². The van der Waals surface area contributed by atoms with E-state index in [-0.39, 0.29) is 5.75 Å². The summed E-state index contributed by atoms with van der Waals surface area (Å²) in [7, 11) is -5.49. The van der Waals surface area contributed by atoms with Crippen LogP contribution in [0.3, 0.4) is 0 Å². The summed E-state index contributed by atoms with van der Waals surface area (Å²) in [6.45, 7) is 1.24. The number of benzene rings is 1. The lowest BCUT2D eigenvalue weighted by Crippen LogP contribution is -2.17. The monoisotopic (exact) mass is 306 g/mol. The van der Waals surface area contributed by atoms with Gasteiger partial charge in [-0.15, -0.1) is 0 Å². The highest BCUT2D eigenvalue weighted by Gasteiger charge is 2.36. The van der Waals surface area contributed by atoms with Gasteiger partial charge in [0.2, 0.25) is 16.5 Å². The molecule has 1 aromatic rings. The normalized spacial score (nSPS) is 13.7. The van der Waals surface area contributed by atoms with Gasteiger partial charge in [-0.2, -0.15) is 17.2 Å². The van der Waals surface area contributed by atoms with Gasteiger partial charge in [-0.05, 0) is 18.1 Å². The van der Waals surface area contributed by atoms with Crippen molar-refractivity contribution >= 4 is 21.3 Å². The second-order valence-corrected chi connectivity index (χ2v) is 6.06. The molecule has 0 aliphatic carbocycles. The van der Waals surface area contributed by atoms with Crippen LogP contribution in [-0.4, -0.2) is 23.3 Å². The van der Waals surface area contributed by atoms with Crippen LogP contribution >= 0.6 is 0 Å². The van der Waals surface area contributed by atoms with E-state index >= 15 is 0 Å². The van der Waals surface area contributed by atoms with Crippen LogP contribution in [-0.2, 0) is 21.3 Å². The van der Waals surface area contributed by atoms with Crippen molar-refractivity contribution in [3.8, 4) is 0 Å². The molecule has 102 valence electrons. The second-order valence-electron chi connectivity index (χ2n) is 3.02. The largest absolute Gasteiger partial charge is 0.611 e. The van der Waals surface area contributed by atoms with Gasteiger partial charge in [0.05, 0.1) is 0 Å². The molecular weight excluding hydrogens is 300 g/mol. The van der Waals surface area contributed by atoms with E-state index in [1.165, 1.54) is 6.92 Å². The molecule has 0 bridgehead atoms. The molecule has 0 heterocycles. The highest BCUT2D eigenvalue weighted by Crippen LogP contribution is 2.30. The molecule has 0 radical (unpaired) electrons. The van der Waals surface area contributed by atoms with Gasteiger partial charge in [0, 0.05) is 0 Å². The fraction of sp³-hybridized carbons (Fsp3) is 0.250. The van der Waals surface area contributed by atoms with Crippen LogP contribution in [0.1, 0.15) is 6.92 Å². The lowest BCUT2D eigenvalue weighted by atomic mass is 10.3. The fourth-order valence-corrected chi connectivity index (χ4v) is 2.66. The molecule has 1 unspecified atom stereocenters. The van der Waals surface area contributed by atoms with Crippen LogP contribution in [0.25, 0.3) is 0 Å². The van der Waals surface area contributed by atoms with Crippen LogP contribution in [0, 0.1) is 23.3 Å². The van der Waals surface area contributed by atoms with Gasteiger partial charge < -0.3 is 4.55 Å². The molecule has 1 N–H and O–H groups in total. The first-order valence-corrected chi connectivity index (χ1v) is 7.10. The molecule has 1 atom stereocenters. The minimum Gasteiger partial charge on any atom is -0.611 e. The highest BCUT2D eigenvalue weighted by molar-refractivity contribution is 7.91. The smallest absolute Gasteiger partial charge is 0.300 e. The van der Waals surface area contributed by atoms with Crippen molar-refractivity contribution < 1.29 is 35.1 Å². The van der Waals surface area contributed by atoms with Crippen molar-refractivity contribution in [3.63, 3.8) is 0 Å². The maximum atomic E-state index is 13.3. The number of rotatable bonds is 3. The van der Waals surface area contributed by atoms with Gasteiger partial charge in [-0.1, -0.05) is 0 Å². The van der Waals surface area contributed by atoms with Crippen molar-refractivity contribution in [1.29, 1.82) is 0 Å². The van der Waals surface area contributed by atoms with Crippen molar-refractivity contribution in [3.05, 3.63) is 23.3 Å². The quantitative estimate of drug-likeness (QED) is 0.398. The molecule has 0 spiro atoms. The first kappa shape index (κ1) is 15.2. The van der Waals surface area contributed by atoms with Gasteiger partial charge in [0.15, 0.2) is 16.5 Å². The second kappa shape index (κ2) is 5.03. The van der Waals surface area contributed by atoms with Crippen molar-refractivity contribution in [1.82, 2.24) is 0 Å². The van der Waals surface area contributed by atoms with Gasteiger partial charge >= 0.3 is 10.1 Å². The van der Waals surface area contributed by atoms with Crippen LogP contribution < -0.4 is 0 Å². The minimum atomic E-state index is -5.49. The van der Waals surface area contributed by atoms with Gasteiger partial charge in [-0.3, -0.25) is 4.55 Å². The Balaban J connectivity index is 3.78. The first-order chi connectivity index (χ1) is 8.12. The van der Waals surface area contributed by atoms with E-state index in [0.29, 0.717) is 0 Å². The molecule has 0 aliphatic heterocycles. The molecule has 10 heteroatoms. The zero-order valence-corrected chi connectivity index (χ0v) is 10.3. The third kappa shape index (κ3) is 2.46. The highest BCUT2D eigenvalue weighted by atomic mass is 32.2. The SMILES string of the molecule is CC[S+]([O-])c1c(F)c(F)c(S(=O)(=O)O)c(F)c1F. The predicted octanol–water partition coefficient (Wildman–Crippen LogP) is 1.62. The molecule has 0 fully saturated rings. The summed E-state index contributed by atoms with van der Waals surface area (Å²) in [5.74, 6) is -9.18. The third-order valence-corrected chi connectivity index (χ3v) is 4.14. The molecule has 4 nitrogen and oxygen atoms in total. The van der Waals surface area contributed by atoms with E-state index in [2.05, 4.69) is 0 Å². The Morgan fingerprint density at radius 1 is 1.11 bits per heavy atom. The van der Waals surface area contributed by atoms with Crippen LogP contribution in [0.5, 0.6) is 0 Å². The summed E-state index contributed by atoms with van der Waals surface area (Å²) in [6, 6.07) is 0. The van der Waals surface area contributed by atoms with E-state index < -0.39 is 54.4 Å². The van der Waals surface area contributed by atoms with E-state index in [1.807, 2.05) is 0 Å². The lowest BCUT2D eigenvalue weighted by molar-refractivity contribution is 0.380. The summed E-state index contributed by atoms with van der Waals surface area (Å²) < 4.78 is 94.0. The molecule has 0 saturated carbocycles. The Kier molecular flexibility index (Phi) is 4.26. The molecular formula is C8H6F4O4S2. The lowest BCUT2D eigenvalue weighted by Gasteiger charge is -2.12. The summed E-state index contributed by atoms with van der Waals surface area (Å²) in [5, 5.41) is 0. The van der Waals surface area contributed by atoms with Crippen LogP contribution in [0.2, 0.25) is 0 Å². The molecule has 1 rings (SSSR count). The summed E-state index contributed by atoms with van der Waals surface area (Å²) >= 11 is -2.38. The summed E-state index contributed by atoms with van der Waals surface area (Å²) in [5.41, 5.74) is 0. The average molecular weight is 306 g/mol. The Morgan fingerprint density at radius 2 is 1.50 bits per heavy atom. The van der Waals surface area contributed by atoms with Gasteiger partial charge in [0.1, 0.15) is 5.75 Å². The predicted molar refractivity (Wildman–Crippen MR) is 53.0 cm³/mol. The fourth-order valence-electron chi connectivity index (χ4n) is 1.16. The Labute approximate surface area is 103 Å². The van der Waals surface area contributed by atoms with E-state index in [4.69, 9.17) is 4.55 Å².